The highest BCUT2D eigenvalue weighted by molar-refractivity contribution is 6.74. The number of methoxy groups -OCH3 is 1. The fourth-order valence-corrected chi connectivity index (χ4v) is 5.27. The van der Waals surface area contributed by atoms with E-state index < -0.39 is 8.32 Å². The predicted octanol–water partition coefficient (Wildman–Crippen LogP) is 4.64. The molecule has 0 aromatic heterocycles. The molecule has 1 aromatic rings. The maximum absolute atomic E-state index is 13.1. The monoisotopic (exact) mass is 389 g/mol. The van der Waals surface area contributed by atoms with Crippen LogP contribution in [0.2, 0.25) is 18.1 Å². The lowest BCUT2D eigenvalue weighted by Crippen LogP contribution is -2.50. The molecule has 2 atom stereocenters. The lowest BCUT2D eigenvalue weighted by Gasteiger charge is -2.40. The van der Waals surface area contributed by atoms with Crippen molar-refractivity contribution in [1.29, 1.82) is 0 Å². The number of hydrogen-bond acceptors (Lipinski definition) is 3. The van der Waals surface area contributed by atoms with Crippen molar-refractivity contribution < 1.29 is 14.0 Å². The van der Waals surface area contributed by atoms with Gasteiger partial charge in [0, 0.05) is 12.5 Å². The summed E-state index contributed by atoms with van der Waals surface area (Å²) in [6.45, 7) is 13.0. The number of carbonyl (C=O) groups is 1. The first-order valence-electron chi connectivity index (χ1n) is 10.2. The van der Waals surface area contributed by atoms with E-state index in [0.29, 0.717) is 12.5 Å². The van der Waals surface area contributed by atoms with Gasteiger partial charge < -0.3 is 14.1 Å². The van der Waals surface area contributed by atoms with E-state index in [1.807, 2.05) is 12.1 Å². The summed E-state index contributed by atoms with van der Waals surface area (Å²) in [4.78, 5) is 15.2. The van der Waals surface area contributed by atoms with Crippen LogP contribution in [-0.4, -0.2) is 44.9 Å². The number of fused-ring (bicyclic) bond motifs is 1. The molecule has 0 bridgehead atoms. The Morgan fingerprint density at radius 2 is 1.89 bits per heavy atom. The minimum atomic E-state index is -1.82. The van der Waals surface area contributed by atoms with Crippen LogP contribution >= 0.6 is 0 Å². The maximum Gasteiger partial charge on any atom is 0.226 e. The predicted molar refractivity (Wildman–Crippen MR) is 112 cm³/mol. The Bertz CT molecular complexity index is 680. The largest absolute Gasteiger partial charge is 0.497 e. The van der Waals surface area contributed by atoms with E-state index in [1.54, 1.807) is 7.11 Å². The molecule has 3 rings (SSSR count). The molecule has 2 fully saturated rings. The number of rotatable bonds is 6. The van der Waals surface area contributed by atoms with Crippen molar-refractivity contribution in [2.45, 2.75) is 70.1 Å². The van der Waals surface area contributed by atoms with E-state index in [2.05, 4.69) is 50.9 Å². The summed E-state index contributed by atoms with van der Waals surface area (Å²) in [5.41, 5.74) is 1.12. The summed E-state index contributed by atoms with van der Waals surface area (Å²) in [6.07, 6.45) is 3.90. The smallest absolute Gasteiger partial charge is 0.226 e. The minimum absolute atomic E-state index is 0.0710. The van der Waals surface area contributed by atoms with E-state index in [0.717, 1.165) is 38.0 Å². The topological polar surface area (TPSA) is 38.8 Å². The second-order valence-corrected chi connectivity index (χ2v) is 14.6. The van der Waals surface area contributed by atoms with E-state index in [9.17, 15) is 4.79 Å². The summed E-state index contributed by atoms with van der Waals surface area (Å²) in [7, 11) is -0.141. The lowest BCUT2D eigenvalue weighted by molar-refractivity contribution is -0.133. The van der Waals surface area contributed by atoms with E-state index in [1.165, 1.54) is 5.56 Å². The second-order valence-electron chi connectivity index (χ2n) is 9.82. The van der Waals surface area contributed by atoms with E-state index >= 15 is 0 Å². The number of benzene rings is 1. The zero-order chi connectivity index (χ0) is 19.9. The second kappa shape index (κ2) is 7.25. The van der Waals surface area contributed by atoms with Gasteiger partial charge in [0.2, 0.25) is 5.91 Å². The van der Waals surface area contributed by atoms with Crippen molar-refractivity contribution in [2.75, 3.05) is 20.3 Å². The molecular formula is C22H35NO3Si. The first kappa shape index (κ1) is 20.4. The SMILES string of the molecule is COc1ccc(C[C@H]2C[C@@]3(CO[Si](C)(C)C(C)(C)C)CCCN3C2=O)cc1. The van der Waals surface area contributed by atoms with Gasteiger partial charge in [-0.1, -0.05) is 32.9 Å². The first-order valence-corrected chi connectivity index (χ1v) is 13.1. The van der Waals surface area contributed by atoms with Gasteiger partial charge in [0.15, 0.2) is 8.32 Å². The molecule has 5 heteroatoms. The molecule has 2 aliphatic heterocycles. The molecule has 2 heterocycles. The van der Waals surface area contributed by atoms with Gasteiger partial charge in [-0.2, -0.15) is 0 Å². The van der Waals surface area contributed by atoms with Gasteiger partial charge in [-0.05, 0) is 61.5 Å². The van der Waals surface area contributed by atoms with Crippen LogP contribution in [0.1, 0.15) is 45.6 Å². The molecule has 27 heavy (non-hydrogen) atoms. The molecular weight excluding hydrogens is 354 g/mol. The van der Waals surface area contributed by atoms with Crippen molar-refractivity contribution in [3.63, 3.8) is 0 Å². The number of amides is 1. The fraction of sp³-hybridized carbons (Fsp3) is 0.682. The van der Waals surface area contributed by atoms with Gasteiger partial charge in [-0.3, -0.25) is 4.79 Å². The molecule has 4 nitrogen and oxygen atoms in total. The van der Waals surface area contributed by atoms with Gasteiger partial charge in [0.1, 0.15) is 5.75 Å². The Hall–Kier alpha value is -1.33. The third kappa shape index (κ3) is 3.95. The van der Waals surface area contributed by atoms with Crippen LogP contribution in [0.4, 0.5) is 0 Å². The molecule has 1 aromatic carbocycles. The van der Waals surface area contributed by atoms with Gasteiger partial charge in [0.25, 0.3) is 0 Å². The highest BCUT2D eigenvalue weighted by Crippen LogP contribution is 2.45. The van der Waals surface area contributed by atoms with Crippen molar-refractivity contribution >= 4 is 14.2 Å². The molecule has 0 N–H and O–H groups in total. The molecule has 0 saturated carbocycles. The van der Waals surface area contributed by atoms with Crippen LogP contribution < -0.4 is 4.74 Å². The third-order valence-corrected chi connectivity index (χ3v) is 11.5. The first-order chi connectivity index (χ1) is 12.6. The van der Waals surface area contributed by atoms with Crippen molar-refractivity contribution in [3.05, 3.63) is 29.8 Å². The normalized spacial score (nSPS) is 25.8. The summed E-state index contributed by atoms with van der Waals surface area (Å²) in [5, 5.41) is 0.193. The van der Waals surface area contributed by atoms with Crippen LogP contribution in [-0.2, 0) is 15.6 Å². The van der Waals surface area contributed by atoms with Crippen molar-refractivity contribution in [3.8, 4) is 5.75 Å². The quantitative estimate of drug-likeness (QED) is 0.665. The average molecular weight is 390 g/mol. The van der Waals surface area contributed by atoms with Crippen molar-refractivity contribution in [1.82, 2.24) is 4.90 Å². The van der Waals surface area contributed by atoms with Crippen LogP contribution in [0.15, 0.2) is 24.3 Å². The average Bonchev–Trinajstić information content (AvgIpc) is 3.12. The Morgan fingerprint density at radius 3 is 2.48 bits per heavy atom. The summed E-state index contributed by atoms with van der Waals surface area (Å²) < 4.78 is 11.8. The zero-order valence-corrected chi connectivity index (χ0v) is 18.8. The lowest BCUT2D eigenvalue weighted by atomic mass is 9.87. The summed E-state index contributed by atoms with van der Waals surface area (Å²) in [5.74, 6) is 1.25. The Balaban J connectivity index is 1.71. The number of carbonyl (C=O) groups excluding carboxylic acids is 1. The summed E-state index contributed by atoms with van der Waals surface area (Å²) >= 11 is 0. The molecule has 0 radical (unpaired) electrons. The highest BCUT2D eigenvalue weighted by Gasteiger charge is 2.54. The fourth-order valence-electron chi connectivity index (χ4n) is 4.21. The van der Waals surface area contributed by atoms with Gasteiger partial charge in [0.05, 0.1) is 19.3 Å². The Morgan fingerprint density at radius 1 is 1.22 bits per heavy atom. The molecule has 0 spiro atoms. The number of nitrogens with zero attached hydrogens (tertiary/aromatic N) is 1. The number of ether oxygens (including phenoxy) is 1. The summed E-state index contributed by atoms with van der Waals surface area (Å²) in [6, 6.07) is 8.11. The van der Waals surface area contributed by atoms with Crippen LogP contribution in [0.5, 0.6) is 5.75 Å². The standard InChI is InChI=1S/C22H35NO3Si/c1-21(2,3)27(5,6)26-16-22-12-7-13-23(22)20(24)18(15-22)14-17-8-10-19(25-4)11-9-17/h8-11,18H,7,12-16H2,1-6H3/t18-,22+/m0/s1. The van der Waals surface area contributed by atoms with Crippen LogP contribution in [0, 0.1) is 5.92 Å². The molecule has 0 aliphatic carbocycles. The van der Waals surface area contributed by atoms with Crippen LogP contribution in [0.25, 0.3) is 0 Å². The third-order valence-electron chi connectivity index (χ3n) is 6.99. The van der Waals surface area contributed by atoms with Crippen molar-refractivity contribution in [2.24, 2.45) is 5.92 Å². The highest BCUT2D eigenvalue weighted by atomic mass is 28.4. The Labute approximate surface area is 165 Å². The molecule has 2 saturated heterocycles. The molecule has 1 amide bonds. The van der Waals surface area contributed by atoms with E-state index in [-0.39, 0.29) is 16.5 Å². The van der Waals surface area contributed by atoms with Gasteiger partial charge in [-0.15, -0.1) is 0 Å². The maximum atomic E-state index is 13.1. The number of hydrogen-bond donors (Lipinski definition) is 0. The van der Waals surface area contributed by atoms with Gasteiger partial charge >= 0.3 is 0 Å². The molecule has 0 unspecified atom stereocenters. The van der Waals surface area contributed by atoms with E-state index in [4.69, 9.17) is 9.16 Å². The zero-order valence-electron chi connectivity index (χ0n) is 17.8. The molecule has 150 valence electrons. The Kier molecular flexibility index (Phi) is 5.48. The minimum Gasteiger partial charge on any atom is -0.497 e. The molecule has 2 aliphatic rings. The van der Waals surface area contributed by atoms with Gasteiger partial charge in [-0.25, -0.2) is 0 Å². The van der Waals surface area contributed by atoms with Crippen LogP contribution in [0.3, 0.4) is 0 Å².